The molecule has 0 atom stereocenters. The van der Waals surface area contributed by atoms with Crippen LogP contribution < -0.4 is 4.72 Å². The number of nitrogens with one attached hydrogen (secondary N) is 1. The Morgan fingerprint density at radius 1 is 1.43 bits per heavy atom. The van der Waals surface area contributed by atoms with Gasteiger partial charge in [0.1, 0.15) is 11.6 Å². The second-order valence-corrected chi connectivity index (χ2v) is 6.84. The van der Waals surface area contributed by atoms with Crippen LogP contribution in [0.15, 0.2) is 24.4 Å². The summed E-state index contributed by atoms with van der Waals surface area (Å²) in [5, 5.41) is 13.5. The third kappa shape index (κ3) is 3.88. The highest BCUT2D eigenvalue weighted by atomic mass is 35.5. The minimum absolute atomic E-state index is 0.00918. The van der Waals surface area contributed by atoms with Crippen molar-refractivity contribution in [2.45, 2.75) is 5.75 Å². The number of sulfonamides is 1. The monoisotopic (exact) mass is 344 g/mol. The minimum Gasteiger partial charge on any atom is -0.272 e. The van der Waals surface area contributed by atoms with Crippen molar-refractivity contribution >= 4 is 39.0 Å². The van der Waals surface area contributed by atoms with Crippen LogP contribution in [0, 0.1) is 11.3 Å². The molecule has 0 saturated heterocycles. The zero-order chi connectivity index (χ0) is 15.6. The first-order chi connectivity index (χ1) is 9.80. The van der Waals surface area contributed by atoms with E-state index in [2.05, 4.69) is 9.82 Å². The molecule has 0 amide bonds. The smallest absolute Gasteiger partial charge is 0.238 e. The Kier molecular flexibility index (Phi) is 4.42. The van der Waals surface area contributed by atoms with Crippen LogP contribution in [-0.2, 0) is 22.8 Å². The fourth-order valence-electron chi connectivity index (χ4n) is 1.67. The molecule has 0 aliphatic rings. The first kappa shape index (κ1) is 15.6. The Balaban J connectivity index is 2.25. The van der Waals surface area contributed by atoms with E-state index < -0.39 is 10.0 Å². The van der Waals surface area contributed by atoms with Crippen molar-refractivity contribution in [3.05, 3.63) is 45.6 Å². The number of benzene rings is 1. The summed E-state index contributed by atoms with van der Waals surface area (Å²) in [5.41, 5.74) is 0.547. The number of rotatable bonds is 4. The average molecular weight is 345 g/mol. The van der Waals surface area contributed by atoms with E-state index in [1.54, 1.807) is 13.1 Å². The fraction of sp³-hybridized carbons (Fsp3) is 0.167. The lowest BCUT2D eigenvalue weighted by Crippen LogP contribution is -2.16. The lowest BCUT2D eigenvalue weighted by molar-refractivity contribution is 0.600. The van der Waals surface area contributed by atoms with Crippen LogP contribution in [0.4, 0.5) is 5.82 Å². The summed E-state index contributed by atoms with van der Waals surface area (Å²) in [4.78, 5) is 0. The van der Waals surface area contributed by atoms with Gasteiger partial charge in [0, 0.05) is 23.3 Å². The van der Waals surface area contributed by atoms with Crippen molar-refractivity contribution in [1.82, 2.24) is 9.78 Å². The maximum atomic E-state index is 12.1. The van der Waals surface area contributed by atoms with E-state index in [0.29, 0.717) is 10.6 Å². The molecule has 1 heterocycles. The number of hydrogen-bond acceptors (Lipinski definition) is 4. The summed E-state index contributed by atoms with van der Waals surface area (Å²) in [5.74, 6) is -0.352. The van der Waals surface area contributed by atoms with Gasteiger partial charge in [-0.2, -0.15) is 10.4 Å². The maximum Gasteiger partial charge on any atom is 0.238 e. The summed E-state index contributed by atoms with van der Waals surface area (Å²) in [7, 11) is -2.15. The number of aromatic nitrogens is 2. The fourth-order valence-corrected chi connectivity index (χ4v) is 3.41. The van der Waals surface area contributed by atoms with Crippen LogP contribution in [0.25, 0.3) is 0 Å². The first-order valence-corrected chi connectivity index (χ1v) is 8.10. The Hall–Kier alpha value is -1.75. The summed E-state index contributed by atoms with van der Waals surface area (Å²) >= 11 is 11.7. The molecule has 6 nitrogen and oxygen atoms in total. The standard InChI is InChI=1S/C12H10Cl2N4O2S/c1-18-6-9(5-15)12(16-18)17-21(19,20)7-8-2-3-10(13)4-11(8)14/h2-4,6H,7H2,1H3,(H,16,17). The number of nitrogens with zero attached hydrogens (tertiary/aromatic N) is 3. The van der Waals surface area contributed by atoms with Crippen LogP contribution in [0.1, 0.15) is 11.1 Å². The molecule has 0 radical (unpaired) electrons. The van der Waals surface area contributed by atoms with Crippen LogP contribution >= 0.6 is 23.2 Å². The third-order valence-electron chi connectivity index (χ3n) is 2.56. The molecule has 21 heavy (non-hydrogen) atoms. The lowest BCUT2D eigenvalue weighted by atomic mass is 10.2. The zero-order valence-electron chi connectivity index (χ0n) is 10.8. The Bertz CT molecular complexity index is 824. The SMILES string of the molecule is Cn1cc(C#N)c(NS(=O)(=O)Cc2ccc(Cl)cc2Cl)n1. The quantitative estimate of drug-likeness (QED) is 0.922. The molecule has 0 bridgehead atoms. The van der Waals surface area contributed by atoms with E-state index in [1.165, 1.54) is 23.0 Å². The molecule has 110 valence electrons. The van der Waals surface area contributed by atoms with Crippen LogP contribution in [0.5, 0.6) is 0 Å². The molecule has 9 heteroatoms. The molecule has 2 aromatic rings. The van der Waals surface area contributed by atoms with Gasteiger partial charge in [-0.25, -0.2) is 8.42 Å². The molecule has 0 fully saturated rings. The average Bonchev–Trinajstić information content (AvgIpc) is 2.72. The highest BCUT2D eigenvalue weighted by Gasteiger charge is 2.18. The van der Waals surface area contributed by atoms with Crippen molar-refractivity contribution in [1.29, 1.82) is 5.26 Å². The normalized spacial score (nSPS) is 11.1. The summed E-state index contributed by atoms with van der Waals surface area (Å²) in [6, 6.07) is 6.43. The van der Waals surface area contributed by atoms with Gasteiger partial charge >= 0.3 is 0 Å². The van der Waals surface area contributed by atoms with Gasteiger partial charge in [0.05, 0.1) is 5.75 Å². The van der Waals surface area contributed by atoms with Crippen LogP contribution in [0.3, 0.4) is 0 Å². The van der Waals surface area contributed by atoms with Gasteiger partial charge in [0.2, 0.25) is 10.0 Å². The van der Waals surface area contributed by atoms with Gasteiger partial charge in [-0.15, -0.1) is 0 Å². The highest BCUT2D eigenvalue weighted by molar-refractivity contribution is 7.91. The van der Waals surface area contributed by atoms with Gasteiger partial charge in [0.15, 0.2) is 5.82 Å². The molecule has 1 aromatic carbocycles. The molecule has 0 saturated carbocycles. The number of aryl methyl sites for hydroxylation is 1. The summed E-state index contributed by atoms with van der Waals surface area (Å²) in [6.07, 6.45) is 1.42. The molecule has 0 aliphatic carbocycles. The van der Waals surface area contributed by atoms with E-state index in [4.69, 9.17) is 28.5 Å². The Morgan fingerprint density at radius 3 is 2.76 bits per heavy atom. The second-order valence-electron chi connectivity index (χ2n) is 4.27. The van der Waals surface area contributed by atoms with Gasteiger partial charge in [-0.3, -0.25) is 9.40 Å². The van der Waals surface area contributed by atoms with Crippen LogP contribution in [0.2, 0.25) is 10.0 Å². The zero-order valence-corrected chi connectivity index (χ0v) is 13.2. The van der Waals surface area contributed by atoms with E-state index in [-0.39, 0.29) is 22.2 Å². The third-order valence-corrected chi connectivity index (χ3v) is 4.34. The molecule has 1 N–H and O–H groups in total. The number of hydrogen-bond donors (Lipinski definition) is 1. The van der Waals surface area contributed by atoms with Crippen LogP contribution in [-0.4, -0.2) is 18.2 Å². The van der Waals surface area contributed by atoms with E-state index in [0.717, 1.165) is 0 Å². The largest absolute Gasteiger partial charge is 0.272 e. The summed E-state index contributed by atoms with van der Waals surface area (Å²) < 4.78 is 27.9. The minimum atomic E-state index is -3.75. The second kappa shape index (κ2) is 5.93. The highest BCUT2D eigenvalue weighted by Crippen LogP contribution is 2.23. The Morgan fingerprint density at radius 2 is 2.14 bits per heavy atom. The van der Waals surface area contributed by atoms with Gasteiger partial charge < -0.3 is 0 Å². The van der Waals surface area contributed by atoms with Crippen molar-refractivity contribution < 1.29 is 8.42 Å². The van der Waals surface area contributed by atoms with Gasteiger partial charge in [-0.1, -0.05) is 29.3 Å². The van der Waals surface area contributed by atoms with Gasteiger partial charge in [0.25, 0.3) is 0 Å². The van der Waals surface area contributed by atoms with Gasteiger partial charge in [-0.05, 0) is 17.7 Å². The maximum absolute atomic E-state index is 12.1. The van der Waals surface area contributed by atoms with E-state index in [1.807, 2.05) is 6.07 Å². The number of nitriles is 1. The predicted molar refractivity (Wildman–Crippen MR) is 80.6 cm³/mol. The Labute approximate surface area is 132 Å². The van der Waals surface area contributed by atoms with Crippen molar-refractivity contribution in [2.24, 2.45) is 7.05 Å². The predicted octanol–water partition coefficient (Wildman–Crippen LogP) is 2.54. The molecule has 1 aromatic heterocycles. The molecule has 0 unspecified atom stereocenters. The molecule has 0 spiro atoms. The van der Waals surface area contributed by atoms with E-state index in [9.17, 15) is 8.42 Å². The van der Waals surface area contributed by atoms with E-state index >= 15 is 0 Å². The lowest BCUT2D eigenvalue weighted by Gasteiger charge is -2.07. The first-order valence-electron chi connectivity index (χ1n) is 5.69. The van der Waals surface area contributed by atoms with Crippen molar-refractivity contribution in [3.8, 4) is 6.07 Å². The number of anilines is 1. The van der Waals surface area contributed by atoms with Crippen molar-refractivity contribution in [3.63, 3.8) is 0 Å². The summed E-state index contributed by atoms with van der Waals surface area (Å²) in [6.45, 7) is 0. The van der Waals surface area contributed by atoms with Crippen molar-refractivity contribution in [2.75, 3.05) is 4.72 Å². The molecule has 0 aliphatic heterocycles. The molecular formula is C12H10Cl2N4O2S. The topological polar surface area (TPSA) is 87.8 Å². The number of halogens is 2. The molecular weight excluding hydrogens is 335 g/mol. The molecule has 2 rings (SSSR count).